The van der Waals surface area contributed by atoms with Gasteiger partial charge in [0.2, 0.25) is 0 Å². The maximum Gasteiger partial charge on any atom is 0.147 e. The van der Waals surface area contributed by atoms with Crippen molar-refractivity contribution < 1.29 is 0 Å². The van der Waals surface area contributed by atoms with E-state index in [0.29, 0.717) is 0 Å². The van der Waals surface area contributed by atoms with Gasteiger partial charge in [-0.3, -0.25) is 9.55 Å². The van der Waals surface area contributed by atoms with Gasteiger partial charge >= 0.3 is 0 Å². The van der Waals surface area contributed by atoms with E-state index >= 15 is 0 Å². The molecule has 0 fully saturated rings. The summed E-state index contributed by atoms with van der Waals surface area (Å²) in [5.41, 5.74) is 16.2. The molecule has 0 saturated carbocycles. The van der Waals surface area contributed by atoms with Crippen molar-refractivity contribution in [2.45, 2.75) is 26.2 Å². The van der Waals surface area contributed by atoms with Gasteiger partial charge in [0.25, 0.3) is 0 Å². The molecular weight excluding hydrogens is 729 g/mol. The van der Waals surface area contributed by atoms with E-state index in [1.807, 2.05) is 6.20 Å². The number of para-hydroxylation sites is 3. The van der Waals surface area contributed by atoms with Gasteiger partial charge in [0.05, 0.1) is 27.9 Å². The number of aromatic amines is 1. The van der Waals surface area contributed by atoms with E-state index in [2.05, 4.69) is 218 Å². The van der Waals surface area contributed by atoms with Crippen LogP contribution in [0.4, 0.5) is 0 Å². The van der Waals surface area contributed by atoms with E-state index in [-0.39, 0.29) is 5.41 Å². The lowest BCUT2D eigenvalue weighted by atomic mass is 9.85. The van der Waals surface area contributed by atoms with Gasteiger partial charge in [-0.05, 0) is 98.6 Å². The molecule has 4 nitrogen and oxygen atoms in total. The Bertz CT molecular complexity index is 3400. The van der Waals surface area contributed by atoms with Crippen LogP contribution in [-0.4, -0.2) is 19.5 Å². The minimum absolute atomic E-state index is 0.101. The number of fused-ring (bicyclic) bond motifs is 5. The zero-order valence-electron chi connectivity index (χ0n) is 33.8. The van der Waals surface area contributed by atoms with Crippen molar-refractivity contribution in [3.05, 3.63) is 200 Å². The van der Waals surface area contributed by atoms with Crippen LogP contribution >= 0.6 is 0 Å². The molecule has 8 aromatic carbocycles. The van der Waals surface area contributed by atoms with Crippen LogP contribution in [0.1, 0.15) is 26.3 Å². The number of pyridine rings is 1. The van der Waals surface area contributed by atoms with Crippen LogP contribution in [0.3, 0.4) is 0 Å². The van der Waals surface area contributed by atoms with Crippen molar-refractivity contribution >= 4 is 43.6 Å². The van der Waals surface area contributed by atoms with Crippen molar-refractivity contribution in [3.63, 3.8) is 0 Å². The van der Waals surface area contributed by atoms with Crippen LogP contribution in [0.15, 0.2) is 194 Å². The molecule has 0 aliphatic carbocycles. The van der Waals surface area contributed by atoms with E-state index in [1.54, 1.807) is 0 Å². The van der Waals surface area contributed by atoms with E-state index < -0.39 is 0 Å². The van der Waals surface area contributed by atoms with E-state index in [1.165, 1.54) is 27.3 Å². The lowest BCUT2D eigenvalue weighted by molar-refractivity contribution is 0.591. The Balaban J connectivity index is 1.23. The first kappa shape index (κ1) is 35.6. The zero-order chi connectivity index (χ0) is 40.4. The summed E-state index contributed by atoms with van der Waals surface area (Å²) in [5.74, 6) is 0.890. The smallest absolute Gasteiger partial charge is 0.147 e. The molecule has 4 heteroatoms. The largest absolute Gasteiger partial charge is 0.354 e. The van der Waals surface area contributed by atoms with Crippen molar-refractivity contribution in [2.75, 3.05) is 0 Å². The molecule has 3 heterocycles. The molecule has 0 aliphatic heterocycles. The molecule has 0 aliphatic rings. The molecule has 60 heavy (non-hydrogen) atoms. The van der Waals surface area contributed by atoms with Crippen LogP contribution < -0.4 is 0 Å². The molecule has 3 aromatic heterocycles. The molecule has 0 bridgehead atoms. The van der Waals surface area contributed by atoms with Crippen molar-refractivity contribution in [2.24, 2.45) is 0 Å². The van der Waals surface area contributed by atoms with Crippen LogP contribution in [-0.2, 0) is 5.41 Å². The van der Waals surface area contributed by atoms with Crippen molar-refractivity contribution in [1.82, 2.24) is 19.5 Å². The van der Waals surface area contributed by atoms with Gasteiger partial charge in [0.15, 0.2) is 0 Å². The number of H-pyrrole nitrogens is 1. The summed E-state index contributed by atoms with van der Waals surface area (Å²) in [6.45, 7) is 6.88. The number of hydrogen-bond donors (Lipinski definition) is 1. The van der Waals surface area contributed by atoms with Crippen LogP contribution in [0, 0.1) is 0 Å². The fourth-order valence-electron chi connectivity index (χ4n) is 8.91. The number of rotatable bonds is 6. The Kier molecular flexibility index (Phi) is 8.35. The van der Waals surface area contributed by atoms with Gasteiger partial charge in [-0.2, -0.15) is 0 Å². The summed E-state index contributed by atoms with van der Waals surface area (Å²) in [4.78, 5) is 14.6. The molecular formula is C56H42N4. The Morgan fingerprint density at radius 3 is 2.00 bits per heavy atom. The predicted octanol–water partition coefficient (Wildman–Crippen LogP) is 14.8. The first-order chi connectivity index (χ1) is 29.4. The second kappa shape index (κ2) is 14.1. The van der Waals surface area contributed by atoms with Crippen LogP contribution in [0.25, 0.3) is 105 Å². The average Bonchev–Trinajstić information content (AvgIpc) is 3.88. The molecule has 0 spiro atoms. The summed E-state index contributed by atoms with van der Waals surface area (Å²) in [6, 6.07) is 67.5. The average molecular weight is 771 g/mol. The molecule has 0 saturated heterocycles. The summed E-state index contributed by atoms with van der Waals surface area (Å²) >= 11 is 0. The van der Waals surface area contributed by atoms with Gasteiger partial charge in [0, 0.05) is 44.7 Å². The van der Waals surface area contributed by atoms with Gasteiger partial charge in [-0.1, -0.05) is 154 Å². The second-order valence-corrected chi connectivity index (χ2v) is 16.7. The fourth-order valence-corrected chi connectivity index (χ4v) is 8.91. The molecule has 0 atom stereocenters. The Morgan fingerprint density at radius 1 is 0.483 bits per heavy atom. The number of nitrogens with one attached hydrogen (secondary N) is 1. The SMILES string of the molecule is CC(C)(C)c1cc(-c2nc3c(-c4cc(-c5cc(-c6ccccc6)ccn5)cc5ccccc45)cccc3n2-c2ccccc2-c2ccccc2)c2[nH]c3ccccc3c2c1. The zero-order valence-corrected chi connectivity index (χ0v) is 33.8. The third kappa shape index (κ3) is 5.99. The predicted molar refractivity (Wildman–Crippen MR) is 252 cm³/mol. The first-order valence-electron chi connectivity index (χ1n) is 20.7. The Labute approximate surface area is 349 Å². The van der Waals surface area contributed by atoms with E-state index in [9.17, 15) is 0 Å². The molecule has 11 aromatic rings. The van der Waals surface area contributed by atoms with Gasteiger partial charge in [-0.25, -0.2) is 4.98 Å². The first-order valence-corrected chi connectivity index (χ1v) is 20.7. The fraction of sp³-hybridized carbons (Fsp3) is 0.0714. The standard InChI is InChI=1S/C56H42N4/c1-56(2,3)41-34-47-44-24-12-14-26-49(44)58-53(47)48(35-41)55-59-54-45(25-16-28-52(54)60(55)51-27-15-13-23-43(51)37-19-8-5-9-20-37)46-32-40(31-39-21-10-11-22-42(39)46)50-33-38(29-30-57-50)36-17-6-4-7-18-36/h4-35,58H,1-3H3. The lowest BCUT2D eigenvalue weighted by Gasteiger charge is -2.21. The highest BCUT2D eigenvalue weighted by Crippen LogP contribution is 2.44. The quantitative estimate of drug-likeness (QED) is 0.183. The Morgan fingerprint density at radius 2 is 1.18 bits per heavy atom. The highest BCUT2D eigenvalue weighted by Gasteiger charge is 2.26. The number of benzene rings is 8. The minimum Gasteiger partial charge on any atom is -0.354 e. The van der Waals surface area contributed by atoms with Crippen LogP contribution in [0.5, 0.6) is 0 Å². The molecule has 11 rings (SSSR count). The molecule has 1 N–H and O–H groups in total. The van der Waals surface area contributed by atoms with Crippen molar-refractivity contribution in [3.8, 4) is 61.7 Å². The maximum absolute atomic E-state index is 5.80. The monoisotopic (exact) mass is 770 g/mol. The molecule has 0 amide bonds. The summed E-state index contributed by atoms with van der Waals surface area (Å²) in [6.07, 6.45) is 1.92. The number of hydrogen-bond acceptors (Lipinski definition) is 2. The molecule has 0 unspecified atom stereocenters. The number of aromatic nitrogens is 4. The minimum atomic E-state index is -0.101. The van der Waals surface area contributed by atoms with Gasteiger partial charge in [0.1, 0.15) is 5.82 Å². The maximum atomic E-state index is 5.80. The highest BCUT2D eigenvalue weighted by molar-refractivity contribution is 6.13. The second-order valence-electron chi connectivity index (χ2n) is 16.7. The van der Waals surface area contributed by atoms with Crippen molar-refractivity contribution in [1.29, 1.82) is 0 Å². The van der Waals surface area contributed by atoms with Gasteiger partial charge in [-0.15, -0.1) is 0 Å². The number of nitrogens with zero attached hydrogens (tertiary/aromatic N) is 3. The summed E-state index contributed by atoms with van der Waals surface area (Å²) in [5, 5.41) is 4.73. The third-order valence-corrected chi connectivity index (χ3v) is 12.0. The number of imidazole rings is 1. The summed E-state index contributed by atoms with van der Waals surface area (Å²) in [7, 11) is 0. The highest BCUT2D eigenvalue weighted by atomic mass is 15.1. The molecule has 286 valence electrons. The lowest BCUT2D eigenvalue weighted by Crippen LogP contribution is -2.11. The van der Waals surface area contributed by atoms with Crippen LogP contribution in [0.2, 0.25) is 0 Å². The van der Waals surface area contributed by atoms with E-state index in [4.69, 9.17) is 9.97 Å². The molecule has 0 radical (unpaired) electrons. The normalized spacial score (nSPS) is 11.9. The summed E-state index contributed by atoms with van der Waals surface area (Å²) < 4.78 is 2.39. The van der Waals surface area contributed by atoms with E-state index in [0.717, 1.165) is 83.6 Å². The Hall–Kier alpha value is -7.56. The topological polar surface area (TPSA) is 46.5 Å². The third-order valence-electron chi connectivity index (χ3n) is 12.0. The van der Waals surface area contributed by atoms with Gasteiger partial charge < -0.3 is 4.98 Å².